The lowest BCUT2D eigenvalue weighted by Crippen LogP contribution is -2.37. The number of Topliss-reactive ketones (excluding diaryl/α,β-unsaturated/α-hetero) is 1. The molecule has 0 aliphatic heterocycles. The van der Waals surface area contributed by atoms with Crippen LogP contribution in [0.4, 0.5) is 0 Å². The fraction of sp³-hybridized carbons (Fsp3) is 0.385. The molecule has 4 nitrogen and oxygen atoms in total. The van der Waals surface area contributed by atoms with Gasteiger partial charge in [0, 0.05) is 22.5 Å². The number of aliphatic hydroxyl groups is 1. The molecule has 6 heteroatoms. The molecule has 2 atom stereocenters. The van der Waals surface area contributed by atoms with E-state index in [4.69, 9.17) is 23.2 Å². The first-order chi connectivity index (χ1) is 8.79. The minimum Gasteiger partial charge on any atom is -0.378 e. The second kappa shape index (κ2) is 6.89. The number of halogens is 2. The first-order valence-corrected chi connectivity index (χ1v) is 6.49. The van der Waals surface area contributed by atoms with Gasteiger partial charge in [-0.3, -0.25) is 9.59 Å². The molecule has 1 rings (SSSR count). The predicted octanol–water partition coefficient (Wildman–Crippen LogP) is 2.51. The molecule has 2 unspecified atom stereocenters. The number of aliphatic hydroxyl groups excluding tert-OH is 1. The second-order valence-corrected chi connectivity index (χ2v) is 5.29. The molecule has 19 heavy (non-hydrogen) atoms. The number of rotatable bonds is 5. The quantitative estimate of drug-likeness (QED) is 0.878. The fourth-order valence-corrected chi connectivity index (χ4v) is 2.23. The van der Waals surface area contributed by atoms with Crippen LogP contribution in [-0.4, -0.2) is 22.8 Å². The summed E-state index contributed by atoms with van der Waals surface area (Å²) in [4.78, 5) is 22.7. The van der Waals surface area contributed by atoms with Crippen LogP contribution in [0.1, 0.15) is 31.9 Å². The molecule has 2 N–H and O–H groups in total. The molecule has 0 heterocycles. The van der Waals surface area contributed by atoms with E-state index in [-0.39, 0.29) is 18.2 Å². The topological polar surface area (TPSA) is 66.4 Å². The Morgan fingerprint density at radius 1 is 1.26 bits per heavy atom. The summed E-state index contributed by atoms with van der Waals surface area (Å²) in [6.07, 6.45) is -1.15. The number of nitrogens with one attached hydrogen (secondary N) is 1. The van der Waals surface area contributed by atoms with Gasteiger partial charge in [-0.15, -0.1) is 0 Å². The molecule has 0 bridgehead atoms. The Morgan fingerprint density at radius 3 is 2.26 bits per heavy atom. The Hall–Kier alpha value is -1.10. The van der Waals surface area contributed by atoms with E-state index in [1.807, 2.05) is 0 Å². The lowest BCUT2D eigenvalue weighted by atomic mass is 10.1. The molecule has 104 valence electrons. The highest BCUT2D eigenvalue weighted by Crippen LogP contribution is 2.23. The molecule has 1 aromatic rings. The molecular weight excluding hydrogens is 289 g/mol. The van der Waals surface area contributed by atoms with Gasteiger partial charge in [0.05, 0.1) is 0 Å². The van der Waals surface area contributed by atoms with Gasteiger partial charge in [0.2, 0.25) is 0 Å². The standard InChI is InChI=1S/C13H15Cl2NO3/c1-7(3-8(2)17)16-13(19)12(18)9-4-10(14)6-11(15)5-9/h4-7,12,18H,3H2,1-2H3,(H,16,19). The van der Waals surface area contributed by atoms with Crippen molar-refractivity contribution in [2.45, 2.75) is 32.4 Å². The number of carbonyl (C=O) groups excluding carboxylic acids is 2. The lowest BCUT2D eigenvalue weighted by molar-refractivity contribution is -0.130. The number of ketones is 1. The number of carbonyl (C=O) groups is 2. The Kier molecular flexibility index (Phi) is 5.79. The van der Waals surface area contributed by atoms with Crippen molar-refractivity contribution >= 4 is 34.9 Å². The molecule has 0 aromatic heterocycles. The Bertz CT molecular complexity index is 471. The Labute approximate surface area is 121 Å². The van der Waals surface area contributed by atoms with Gasteiger partial charge >= 0.3 is 0 Å². The summed E-state index contributed by atoms with van der Waals surface area (Å²) in [5.74, 6) is -0.625. The third kappa shape index (κ3) is 5.19. The summed E-state index contributed by atoms with van der Waals surface area (Å²) >= 11 is 11.6. The van der Waals surface area contributed by atoms with Crippen molar-refractivity contribution in [3.8, 4) is 0 Å². The van der Waals surface area contributed by atoms with Crippen molar-refractivity contribution in [1.29, 1.82) is 0 Å². The maximum atomic E-state index is 11.8. The van der Waals surface area contributed by atoms with E-state index in [0.29, 0.717) is 15.6 Å². The van der Waals surface area contributed by atoms with Crippen LogP contribution < -0.4 is 5.32 Å². The average Bonchev–Trinajstić information content (AvgIpc) is 2.25. The summed E-state index contributed by atoms with van der Waals surface area (Å²) < 4.78 is 0. The van der Waals surface area contributed by atoms with E-state index in [9.17, 15) is 14.7 Å². The smallest absolute Gasteiger partial charge is 0.253 e. The first-order valence-electron chi connectivity index (χ1n) is 5.73. The summed E-state index contributed by atoms with van der Waals surface area (Å²) in [7, 11) is 0. The van der Waals surface area contributed by atoms with Crippen LogP contribution in [0.15, 0.2) is 18.2 Å². The first kappa shape index (κ1) is 16.0. The molecule has 0 aliphatic carbocycles. The third-order valence-electron chi connectivity index (χ3n) is 2.43. The van der Waals surface area contributed by atoms with Gasteiger partial charge in [-0.1, -0.05) is 23.2 Å². The van der Waals surface area contributed by atoms with Gasteiger partial charge in [0.1, 0.15) is 5.78 Å². The van der Waals surface area contributed by atoms with Gasteiger partial charge in [-0.2, -0.15) is 0 Å². The molecule has 1 amide bonds. The van der Waals surface area contributed by atoms with Crippen molar-refractivity contribution in [2.24, 2.45) is 0 Å². The van der Waals surface area contributed by atoms with E-state index in [1.54, 1.807) is 6.92 Å². The van der Waals surface area contributed by atoms with Crippen molar-refractivity contribution < 1.29 is 14.7 Å². The number of hydrogen-bond donors (Lipinski definition) is 2. The number of benzene rings is 1. The van der Waals surface area contributed by atoms with Gasteiger partial charge in [-0.25, -0.2) is 0 Å². The largest absolute Gasteiger partial charge is 0.378 e. The van der Waals surface area contributed by atoms with Crippen LogP contribution in [0.3, 0.4) is 0 Å². The zero-order valence-electron chi connectivity index (χ0n) is 10.6. The molecule has 0 saturated heterocycles. The predicted molar refractivity (Wildman–Crippen MR) is 74.3 cm³/mol. The van der Waals surface area contributed by atoms with Crippen LogP contribution in [-0.2, 0) is 9.59 Å². The van der Waals surface area contributed by atoms with Crippen molar-refractivity contribution in [2.75, 3.05) is 0 Å². The van der Waals surface area contributed by atoms with Crippen molar-refractivity contribution in [3.05, 3.63) is 33.8 Å². The van der Waals surface area contributed by atoms with Crippen LogP contribution in [0.25, 0.3) is 0 Å². The zero-order valence-corrected chi connectivity index (χ0v) is 12.1. The normalized spacial score (nSPS) is 13.7. The molecule has 0 radical (unpaired) electrons. The van der Waals surface area contributed by atoms with Gasteiger partial charge in [0.25, 0.3) is 5.91 Å². The summed E-state index contributed by atoms with van der Waals surface area (Å²) in [5.41, 5.74) is 0.310. The molecule has 0 saturated carbocycles. The van der Waals surface area contributed by atoms with E-state index in [1.165, 1.54) is 25.1 Å². The number of amides is 1. The molecule has 1 aromatic carbocycles. The second-order valence-electron chi connectivity index (χ2n) is 4.42. The van der Waals surface area contributed by atoms with E-state index < -0.39 is 12.0 Å². The van der Waals surface area contributed by atoms with E-state index in [0.717, 1.165) is 0 Å². The maximum Gasteiger partial charge on any atom is 0.253 e. The summed E-state index contributed by atoms with van der Waals surface area (Å²) in [6.45, 7) is 3.13. The van der Waals surface area contributed by atoms with Crippen LogP contribution in [0.2, 0.25) is 10.0 Å². The minimum atomic E-state index is -1.37. The van der Waals surface area contributed by atoms with Crippen molar-refractivity contribution in [3.63, 3.8) is 0 Å². The summed E-state index contributed by atoms with van der Waals surface area (Å²) in [6, 6.07) is 4.10. The van der Waals surface area contributed by atoms with E-state index in [2.05, 4.69) is 5.32 Å². The molecule has 0 aliphatic rings. The minimum absolute atomic E-state index is 0.0342. The zero-order chi connectivity index (χ0) is 14.6. The van der Waals surface area contributed by atoms with Crippen LogP contribution in [0, 0.1) is 0 Å². The highest BCUT2D eigenvalue weighted by Gasteiger charge is 2.20. The van der Waals surface area contributed by atoms with Crippen LogP contribution >= 0.6 is 23.2 Å². The Morgan fingerprint density at radius 2 is 1.79 bits per heavy atom. The number of hydrogen-bond acceptors (Lipinski definition) is 3. The Balaban J connectivity index is 2.73. The molecular formula is C13H15Cl2NO3. The lowest BCUT2D eigenvalue weighted by Gasteiger charge is -2.16. The SMILES string of the molecule is CC(=O)CC(C)NC(=O)C(O)c1cc(Cl)cc(Cl)c1. The summed E-state index contributed by atoms with van der Waals surface area (Å²) in [5, 5.41) is 13.1. The van der Waals surface area contributed by atoms with Gasteiger partial charge < -0.3 is 10.4 Å². The van der Waals surface area contributed by atoms with Gasteiger partial charge in [-0.05, 0) is 37.6 Å². The average molecular weight is 304 g/mol. The van der Waals surface area contributed by atoms with Crippen LogP contribution in [0.5, 0.6) is 0 Å². The monoisotopic (exact) mass is 303 g/mol. The fourth-order valence-electron chi connectivity index (χ4n) is 1.69. The molecule has 0 spiro atoms. The molecule has 0 fully saturated rings. The highest BCUT2D eigenvalue weighted by atomic mass is 35.5. The highest BCUT2D eigenvalue weighted by molar-refractivity contribution is 6.34. The third-order valence-corrected chi connectivity index (χ3v) is 2.87. The maximum absolute atomic E-state index is 11.8. The van der Waals surface area contributed by atoms with Crippen molar-refractivity contribution in [1.82, 2.24) is 5.32 Å². The van der Waals surface area contributed by atoms with E-state index >= 15 is 0 Å². The van der Waals surface area contributed by atoms with Gasteiger partial charge in [0.15, 0.2) is 6.10 Å².